The molecule has 0 saturated carbocycles. The zero-order valence-electron chi connectivity index (χ0n) is 16.9. The molecular weight excluding hydrogens is 347 g/mol. The smallest absolute Gasteiger partial charge is 0.481 e. The van der Waals surface area contributed by atoms with Crippen LogP contribution in [0.15, 0.2) is 30.3 Å². The van der Waals surface area contributed by atoms with Gasteiger partial charge in [0.15, 0.2) is 0 Å². The number of nitrogens with two attached hydrogens (primary N) is 1. The highest BCUT2D eigenvalue weighted by Crippen LogP contribution is 2.37. The van der Waals surface area contributed by atoms with Gasteiger partial charge >= 0.3 is 7.12 Å². The monoisotopic (exact) mass is 378 g/mol. The number of nitrogens with one attached hydrogen (secondary N) is 1. The molecular formula is C19H31BN2O5. The van der Waals surface area contributed by atoms with Gasteiger partial charge in [-0.3, -0.25) is 4.79 Å². The highest BCUT2D eigenvalue weighted by Gasteiger charge is 2.54. The molecule has 8 heteroatoms. The van der Waals surface area contributed by atoms with Crippen molar-refractivity contribution in [2.75, 3.05) is 20.3 Å². The molecule has 27 heavy (non-hydrogen) atoms. The van der Waals surface area contributed by atoms with Gasteiger partial charge in [0.05, 0.1) is 30.4 Å². The Hall–Kier alpha value is -1.61. The van der Waals surface area contributed by atoms with E-state index in [1.807, 2.05) is 58.0 Å². The average molecular weight is 378 g/mol. The largest absolute Gasteiger partial charge is 0.494 e. The van der Waals surface area contributed by atoms with E-state index in [1.54, 1.807) is 0 Å². The van der Waals surface area contributed by atoms with Gasteiger partial charge in [-0.15, -0.1) is 0 Å². The maximum absolute atomic E-state index is 12.4. The summed E-state index contributed by atoms with van der Waals surface area (Å²) in [4.78, 5) is 12.4. The fraction of sp³-hybridized carbons (Fsp3) is 0.632. The summed E-state index contributed by atoms with van der Waals surface area (Å²) in [5.74, 6) is 0.0639. The first-order valence-electron chi connectivity index (χ1n) is 9.24. The SMILES string of the molecule is COCC(N)C(=O)NC(CCOc1ccccc1)B1OC(C)(C)C(C)(C)O1. The van der Waals surface area contributed by atoms with E-state index in [0.717, 1.165) is 5.75 Å². The van der Waals surface area contributed by atoms with Gasteiger partial charge in [-0.1, -0.05) is 18.2 Å². The van der Waals surface area contributed by atoms with E-state index in [4.69, 9.17) is 24.5 Å². The Labute approximate surface area is 162 Å². The van der Waals surface area contributed by atoms with Crippen LogP contribution in [0, 0.1) is 0 Å². The number of rotatable bonds is 9. The summed E-state index contributed by atoms with van der Waals surface area (Å²) in [5.41, 5.74) is 4.87. The van der Waals surface area contributed by atoms with E-state index in [1.165, 1.54) is 7.11 Å². The quantitative estimate of drug-likeness (QED) is 0.634. The topological polar surface area (TPSA) is 92.0 Å². The van der Waals surface area contributed by atoms with Gasteiger partial charge in [-0.05, 0) is 39.8 Å². The van der Waals surface area contributed by atoms with Crippen LogP contribution in [0.4, 0.5) is 0 Å². The molecule has 1 fully saturated rings. The van der Waals surface area contributed by atoms with Crippen LogP contribution in [0.2, 0.25) is 0 Å². The van der Waals surface area contributed by atoms with E-state index < -0.39 is 30.3 Å². The lowest BCUT2D eigenvalue weighted by Crippen LogP contribution is -2.54. The molecule has 150 valence electrons. The van der Waals surface area contributed by atoms with Gasteiger partial charge in [0, 0.05) is 13.5 Å². The third kappa shape index (κ3) is 5.68. The zero-order valence-corrected chi connectivity index (χ0v) is 16.9. The Morgan fingerprint density at radius 2 is 1.78 bits per heavy atom. The van der Waals surface area contributed by atoms with Crippen LogP contribution < -0.4 is 15.8 Å². The molecule has 1 aliphatic heterocycles. The van der Waals surface area contributed by atoms with Crippen molar-refractivity contribution in [3.8, 4) is 5.75 Å². The van der Waals surface area contributed by atoms with Crippen molar-refractivity contribution in [3.63, 3.8) is 0 Å². The second-order valence-electron chi connectivity index (χ2n) is 7.75. The fourth-order valence-electron chi connectivity index (χ4n) is 2.69. The van der Waals surface area contributed by atoms with Crippen molar-refractivity contribution < 1.29 is 23.6 Å². The molecule has 1 aromatic carbocycles. The normalized spacial score (nSPS) is 20.1. The maximum Gasteiger partial charge on any atom is 0.481 e. The van der Waals surface area contributed by atoms with Crippen molar-refractivity contribution in [3.05, 3.63) is 30.3 Å². The van der Waals surface area contributed by atoms with Crippen LogP contribution in [0.3, 0.4) is 0 Å². The first kappa shape index (κ1) is 21.7. The predicted molar refractivity (Wildman–Crippen MR) is 104 cm³/mol. The minimum Gasteiger partial charge on any atom is -0.494 e. The van der Waals surface area contributed by atoms with Gasteiger partial charge in [0.25, 0.3) is 0 Å². The standard InChI is InChI=1S/C19H31BN2O5/c1-18(2)19(3,4)27-20(26-18)16(22-17(23)15(21)13-24-5)11-12-25-14-9-7-6-8-10-14/h6-10,15-16H,11-13,21H2,1-5H3,(H,22,23). The molecule has 0 radical (unpaired) electrons. The van der Waals surface area contributed by atoms with E-state index in [-0.39, 0.29) is 12.5 Å². The molecule has 1 amide bonds. The molecule has 1 aromatic rings. The minimum atomic E-state index is -0.755. The van der Waals surface area contributed by atoms with Gasteiger partial charge in [0.2, 0.25) is 5.91 Å². The first-order valence-corrected chi connectivity index (χ1v) is 9.24. The van der Waals surface area contributed by atoms with E-state index >= 15 is 0 Å². The molecule has 1 heterocycles. The molecule has 3 N–H and O–H groups in total. The van der Waals surface area contributed by atoms with Crippen LogP contribution in [-0.2, 0) is 18.8 Å². The number of amides is 1. The molecule has 1 aliphatic rings. The Morgan fingerprint density at radius 1 is 1.19 bits per heavy atom. The summed E-state index contributed by atoms with van der Waals surface area (Å²) in [5, 5.41) is 2.93. The summed E-state index contributed by atoms with van der Waals surface area (Å²) in [6.07, 6.45) is 0.511. The Morgan fingerprint density at radius 3 is 2.33 bits per heavy atom. The summed E-state index contributed by atoms with van der Waals surface area (Å²) < 4.78 is 22.9. The van der Waals surface area contributed by atoms with Crippen LogP contribution in [-0.4, -0.2) is 56.5 Å². The van der Waals surface area contributed by atoms with Gasteiger partial charge < -0.3 is 29.8 Å². The van der Waals surface area contributed by atoms with Crippen molar-refractivity contribution in [2.24, 2.45) is 5.73 Å². The molecule has 0 aliphatic carbocycles. The Balaban J connectivity index is 2.03. The second-order valence-corrected chi connectivity index (χ2v) is 7.75. The number of ether oxygens (including phenoxy) is 2. The minimum absolute atomic E-state index is 0.141. The third-order valence-electron chi connectivity index (χ3n) is 5.05. The van der Waals surface area contributed by atoms with Crippen LogP contribution >= 0.6 is 0 Å². The fourth-order valence-corrected chi connectivity index (χ4v) is 2.69. The molecule has 1 saturated heterocycles. The Bertz CT molecular complexity index is 595. The molecule has 2 unspecified atom stereocenters. The molecule has 7 nitrogen and oxygen atoms in total. The lowest BCUT2D eigenvalue weighted by atomic mass is 9.76. The molecule has 0 aromatic heterocycles. The molecule has 2 rings (SSSR count). The Kier molecular flexibility index (Phi) is 7.28. The number of methoxy groups -OCH3 is 1. The van der Waals surface area contributed by atoms with Crippen molar-refractivity contribution in [1.82, 2.24) is 5.32 Å². The van der Waals surface area contributed by atoms with E-state index in [2.05, 4.69) is 5.32 Å². The molecule has 2 atom stereocenters. The number of benzene rings is 1. The summed E-state index contributed by atoms with van der Waals surface area (Å²) in [6.45, 7) is 8.44. The predicted octanol–water partition coefficient (Wildman–Crippen LogP) is 1.55. The lowest BCUT2D eigenvalue weighted by Gasteiger charge is -2.32. The maximum atomic E-state index is 12.4. The zero-order chi connectivity index (χ0) is 20.1. The van der Waals surface area contributed by atoms with Crippen LogP contribution in [0.25, 0.3) is 0 Å². The summed E-state index contributed by atoms with van der Waals surface area (Å²) >= 11 is 0. The summed E-state index contributed by atoms with van der Waals surface area (Å²) in [6, 6.07) is 8.76. The number of hydrogen-bond acceptors (Lipinski definition) is 6. The molecule has 0 bridgehead atoms. The number of para-hydroxylation sites is 1. The van der Waals surface area contributed by atoms with Gasteiger partial charge in [0.1, 0.15) is 11.8 Å². The van der Waals surface area contributed by atoms with Crippen molar-refractivity contribution in [1.29, 1.82) is 0 Å². The van der Waals surface area contributed by atoms with E-state index in [0.29, 0.717) is 13.0 Å². The lowest BCUT2D eigenvalue weighted by molar-refractivity contribution is -0.123. The first-order chi connectivity index (χ1) is 12.7. The second kappa shape index (κ2) is 9.06. The third-order valence-corrected chi connectivity index (χ3v) is 5.05. The molecule has 0 spiro atoms. The number of hydrogen-bond donors (Lipinski definition) is 2. The van der Waals surface area contributed by atoms with Crippen LogP contribution in [0.5, 0.6) is 5.75 Å². The highest BCUT2D eigenvalue weighted by molar-refractivity contribution is 6.48. The average Bonchev–Trinajstić information content (AvgIpc) is 2.82. The van der Waals surface area contributed by atoms with E-state index in [9.17, 15) is 4.79 Å². The van der Waals surface area contributed by atoms with Crippen molar-refractivity contribution >= 4 is 13.0 Å². The van der Waals surface area contributed by atoms with Crippen molar-refractivity contribution in [2.45, 2.75) is 57.3 Å². The summed E-state index contributed by atoms with van der Waals surface area (Å²) in [7, 11) is 0.917. The van der Waals surface area contributed by atoms with Crippen LogP contribution in [0.1, 0.15) is 34.1 Å². The number of carbonyl (C=O) groups is 1. The van der Waals surface area contributed by atoms with Gasteiger partial charge in [-0.25, -0.2) is 0 Å². The number of carbonyl (C=O) groups excluding carboxylic acids is 1. The highest BCUT2D eigenvalue weighted by atomic mass is 16.7. The van der Waals surface area contributed by atoms with Gasteiger partial charge in [-0.2, -0.15) is 0 Å².